The maximum absolute atomic E-state index is 2.30. The summed E-state index contributed by atoms with van der Waals surface area (Å²) in [5.74, 6) is 0.722. The Morgan fingerprint density at radius 2 is 1.37 bits per heavy atom. The summed E-state index contributed by atoms with van der Waals surface area (Å²) in [6.07, 6.45) is 5.45. The molecule has 0 spiro atoms. The van der Waals surface area contributed by atoms with E-state index >= 15 is 0 Å². The maximum atomic E-state index is 2.30. The summed E-state index contributed by atoms with van der Waals surface area (Å²) in [6, 6.07) is 21.9. The summed E-state index contributed by atoms with van der Waals surface area (Å²) in [7, 11) is 0. The normalized spacial score (nSPS) is 23.2. The molecular formula is C18H20S. The summed E-state index contributed by atoms with van der Waals surface area (Å²) in [4.78, 5) is 1.41. The van der Waals surface area contributed by atoms with Crippen LogP contribution in [-0.2, 0) is 0 Å². The quantitative estimate of drug-likeness (QED) is 0.707. The van der Waals surface area contributed by atoms with Crippen LogP contribution in [0.1, 0.15) is 37.2 Å². The molecule has 0 N–H and O–H groups in total. The molecule has 0 aromatic heterocycles. The highest BCUT2D eigenvalue weighted by atomic mass is 32.2. The van der Waals surface area contributed by atoms with Gasteiger partial charge in [-0.1, -0.05) is 61.4 Å². The van der Waals surface area contributed by atoms with Crippen LogP contribution in [0, 0.1) is 0 Å². The highest BCUT2D eigenvalue weighted by molar-refractivity contribution is 8.00. The first-order valence-corrected chi connectivity index (χ1v) is 8.08. The molecule has 0 nitrogen and oxygen atoms in total. The Hall–Kier alpha value is -1.21. The molecule has 1 heteroatoms. The SMILES string of the molecule is c1ccc(SC2CCCCC2c2ccccc2)cc1. The van der Waals surface area contributed by atoms with Gasteiger partial charge in [-0.25, -0.2) is 0 Å². The third kappa shape index (κ3) is 3.22. The second kappa shape index (κ2) is 6.29. The van der Waals surface area contributed by atoms with E-state index in [9.17, 15) is 0 Å². The third-order valence-corrected chi connectivity index (χ3v) is 5.37. The molecule has 3 rings (SSSR count). The van der Waals surface area contributed by atoms with Gasteiger partial charge in [-0.15, -0.1) is 11.8 Å². The molecule has 0 amide bonds. The van der Waals surface area contributed by atoms with E-state index in [1.54, 1.807) is 0 Å². The zero-order valence-corrected chi connectivity index (χ0v) is 12.0. The molecule has 0 radical (unpaired) electrons. The van der Waals surface area contributed by atoms with Crippen LogP contribution in [0.3, 0.4) is 0 Å². The number of hydrogen-bond acceptors (Lipinski definition) is 1. The van der Waals surface area contributed by atoms with Crippen LogP contribution in [-0.4, -0.2) is 5.25 Å². The van der Waals surface area contributed by atoms with Crippen molar-refractivity contribution in [2.24, 2.45) is 0 Å². The molecule has 2 atom stereocenters. The van der Waals surface area contributed by atoms with Crippen molar-refractivity contribution in [1.82, 2.24) is 0 Å². The van der Waals surface area contributed by atoms with Crippen molar-refractivity contribution in [3.05, 3.63) is 66.2 Å². The van der Waals surface area contributed by atoms with Gasteiger partial charge in [0.2, 0.25) is 0 Å². The van der Waals surface area contributed by atoms with Crippen molar-refractivity contribution in [3.8, 4) is 0 Å². The molecule has 2 aromatic rings. The van der Waals surface area contributed by atoms with Gasteiger partial charge >= 0.3 is 0 Å². The van der Waals surface area contributed by atoms with Gasteiger partial charge in [0.25, 0.3) is 0 Å². The lowest BCUT2D eigenvalue weighted by atomic mass is 9.83. The van der Waals surface area contributed by atoms with Crippen LogP contribution in [0.4, 0.5) is 0 Å². The van der Waals surface area contributed by atoms with Gasteiger partial charge in [0.15, 0.2) is 0 Å². The second-order valence-corrected chi connectivity index (χ2v) is 6.58. The third-order valence-electron chi connectivity index (χ3n) is 3.96. The van der Waals surface area contributed by atoms with Crippen molar-refractivity contribution in [2.45, 2.75) is 41.7 Å². The maximum Gasteiger partial charge on any atom is 0.0163 e. The first kappa shape index (κ1) is 12.8. The fraction of sp³-hybridized carbons (Fsp3) is 0.333. The predicted molar refractivity (Wildman–Crippen MR) is 83.7 cm³/mol. The van der Waals surface area contributed by atoms with E-state index in [0.717, 1.165) is 11.2 Å². The zero-order chi connectivity index (χ0) is 12.9. The predicted octanol–water partition coefficient (Wildman–Crippen LogP) is 5.51. The lowest BCUT2D eigenvalue weighted by Gasteiger charge is -2.31. The van der Waals surface area contributed by atoms with Gasteiger partial charge in [0, 0.05) is 10.1 Å². The molecule has 0 aliphatic heterocycles. The molecule has 0 bridgehead atoms. The Labute approximate surface area is 120 Å². The van der Waals surface area contributed by atoms with Crippen molar-refractivity contribution >= 4 is 11.8 Å². The number of thioether (sulfide) groups is 1. The highest BCUT2D eigenvalue weighted by Gasteiger charge is 2.26. The second-order valence-electron chi connectivity index (χ2n) is 5.27. The average molecular weight is 268 g/mol. The summed E-state index contributed by atoms with van der Waals surface area (Å²) >= 11 is 2.07. The molecule has 2 unspecified atom stereocenters. The lowest BCUT2D eigenvalue weighted by Crippen LogP contribution is -2.19. The van der Waals surface area contributed by atoms with E-state index < -0.39 is 0 Å². The molecule has 19 heavy (non-hydrogen) atoms. The average Bonchev–Trinajstić information content (AvgIpc) is 2.50. The first-order chi connectivity index (χ1) is 9.43. The van der Waals surface area contributed by atoms with Gasteiger partial charge in [-0.3, -0.25) is 0 Å². The van der Waals surface area contributed by atoms with E-state index in [4.69, 9.17) is 0 Å². The number of rotatable bonds is 3. The fourth-order valence-electron chi connectivity index (χ4n) is 2.99. The fourth-order valence-corrected chi connectivity index (χ4v) is 4.40. The molecule has 1 saturated carbocycles. The minimum atomic E-state index is 0.722. The highest BCUT2D eigenvalue weighted by Crippen LogP contribution is 2.42. The Bertz CT molecular complexity index is 492. The monoisotopic (exact) mass is 268 g/mol. The minimum absolute atomic E-state index is 0.722. The summed E-state index contributed by atoms with van der Waals surface area (Å²) in [6.45, 7) is 0. The Balaban J connectivity index is 1.78. The molecular weight excluding hydrogens is 248 g/mol. The van der Waals surface area contributed by atoms with Crippen LogP contribution >= 0.6 is 11.8 Å². The lowest BCUT2D eigenvalue weighted by molar-refractivity contribution is 0.456. The topological polar surface area (TPSA) is 0 Å². The van der Waals surface area contributed by atoms with E-state index in [-0.39, 0.29) is 0 Å². The van der Waals surface area contributed by atoms with Gasteiger partial charge in [-0.2, -0.15) is 0 Å². The van der Waals surface area contributed by atoms with Gasteiger partial charge in [0.1, 0.15) is 0 Å². The number of hydrogen-bond donors (Lipinski definition) is 0. The van der Waals surface area contributed by atoms with Crippen molar-refractivity contribution in [3.63, 3.8) is 0 Å². The molecule has 1 aliphatic rings. The van der Waals surface area contributed by atoms with Crippen LogP contribution in [0.2, 0.25) is 0 Å². The minimum Gasteiger partial charge on any atom is -0.122 e. The van der Waals surface area contributed by atoms with Crippen molar-refractivity contribution in [2.75, 3.05) is 0 Å². The zero-order valence-electron chi connectivity index (χ0n) is 11.2. The van der Waals surface area contributed by atoms with Crippen LogP contribution in [0.5, 0.6) is 0 Å². The van der Waals surface area contributed by atoms with E-state index in [2.05, 4.69) is 72.4 Å². The number of benzene rings is 2. The van der Waals surface area contributed by atoms with Crippen LogP contribution in [0.15, 0.2) is 65.6 Å². The van der Waals surface area contributed by atoms with E-state index in [0.29, 0.717) is 0 Å². The molecule has 1 fully saturated rings. The Morgan fingerprint density at radius 1 is 0.737 bits per heavy atom. The van der Waals surface area contributed by atoms with Crippen molar-refractivity contribution in [1.29, 1.82) is 0 Å². The van der Waals surface area contributed by atoms with Crippen LogP contribution < -0.4 is 0 Å². The molecule has 98 valence electrons. The van der Waals surface area contributed by atoms with E-state index in [1.165, 1.54) is 36.1 Å². The molecule has 0 saturated heterocycles. The summed E-state index contributed by atoms with van der Waals surface area (Å²) in [5.41, 5.74) is 1.52. The van der Waals surface area contributed by atoms with Gasteiger partial charge in [-0.05, 0) is 36.5 Å². The standard InChI is InChI=1S/C18H20S/c1-3-9-15(10-4-1)17-13-7-8-14-18(17)19-16-11-5-2-6-12-16/h1-6,9-12,17-18H,7-8,13-14H2. The molecule has 1 aliphatic carbocycles. The molecule has 0 heterocycles. The van der Waals surface area contributed by atoms with E-state index in [1.807, 2.05) is 0 Å². The van der Waals surface area contributed by atoms with Gasteiger partial charge < -0.3 is 0 Å². The van der Waals surface area contributed by atoms with Crippen LogP contribution in [0.25, 0.3) is 0 Å². The van der Waals surface area contributed by atoms with Gasteiger partial charge in [0.05, 0.1) is 0 Å². The Kier molecular flexibility index (Phi) is 4.24. The summed E-state index contributed by atoms with van der Waals surface area (Å²) < 4.78 is 0. The Morgan fingerprint density at radius 3 is 2.11 bits per heavy atom. The smallest absolute Gasteiger partial charge is 0.0163 e. The largest absolute Gasteiger partial charge is 0.122 e. The molecule has 2 aromatic carbocycles. The first-order valence-electron chi connectivity index (χ1n) is 7.20. The van der Waals surface area contributed by atoms with Crippen molar-refractivity contribution < 1.29 is 0 Å². The summed E-state index contributed by atoms with van der Waals surface area (Å²) in [5, 5.41) is 0.735.